The summed E-state index contributed by atoms with van der Waals surface area (Å²) in [4.78, 5) is 30.8. The van der Waals surface area contributed by atoms with E-state index in [4.69, 9.17) is 9.47 Å². The second kappa shape index (κ2) is 7.55. The number of pyridine rings is 1. The number of esters is 1. The molecule has 1 amide bonds. The lowest BCUT2D eigenvalue weighted by Gasteiger charge is -2.38. The fourth-order valence-corrected chi connectivity index (χ4v) is 3.56. The summed E-state index contributed by atoms with van der Waals surface area (Å²) in [5.74, 6) is -0.745. The van der Waals surface area contributed by atoms with E-state index in [1.165, 1.54) is 7.11 Å². The van der Waals surface area contributed by atoms with E-state index >= 15 is 0 Å². The van der Waals surface area contributed by atoms with Crippen LogP contribution in [0.2, 0.25) is 0 Å². The van der Waals surface area contributed by atoms with E-state index < -0.39 is 17.6 Å². The Morgan fingerprint density at radius 1 is 1.22 bits per heavy atom. The number of carbonyl (C=O) groups is 2. The van der Waals surface area contributed by atoms with Gasteiger partial charge in [0.25, 0.3) is 0 Å². The third-order valence-electron chi connectivity index (χ3n) is 4.82. The molecule has 0 bridgehead atoms. The maximum absolute atomic E-state index is 12.5. The van der Waals surface area contributed by atoms with Gasteiger partial charge in [-0.15, -0.1) is 0 Å². The van der Waals surface area contributed by atoms with Crippen molar-refractivity contribution in [3.8, 4) is 0 Å². The highest BCUT2D eigenvalue weighted by Gasteiger charge is 2.38. The number of piperidine rings is 1. The number of carbonyl (C=O) groups excluding carboxylic acids is 2. The smallest absolute Gasteiger partial charge is 0.410 e. The lowest BCUT2D eigenvalue weighted by Crippen LogP contribution is -2.47. The van der Waals surface area contributed by atoms with Gasteiger partial charge >= 0.3 is 12.1 Å². The summed E-state index contributed by atoms with van der Waals surface area (Å²) in [7, 11) is 1.39. The van der Waals surface area contributed by atoms with Gasteiger partial charge in [-0.3, -0.25) is 9.78 Å². The van der Waals surface area contributed by atoms with E-state index in [1.807, 2.05) is 45.0 Å². The summed E-state index contributed by atoms with van der Waals surface area (Å²) >= 11 is 0. The average Bonchev–Trinajstić information content (AvgIpc) is 2.65. The number of hydrogen-bond acceptors (Lipinski definition) is 5. The molecule has 1 aromatic heterocycles. The van der Waals surface area contributed by atoms with Gasteiger partial charge in [0.05, 0.1) is 18.5 Å². The summed E-state index contributed by atoms with van der Waals surface area (Å²) in [6.07, 6.45) is 2.04. The van der Waals surface area contributed by atoms with E-state index in [-0.39, 0.29) is 18.4 Å². The number of methoxy groups -OCH3 is 1. The highest BCUT2D eigenvalue weighted by atomic mass is 16.6. The van der Waals surface area contributed by atoms with Gasteiger partial charge in [-0.05, 0) is 51.0 Å². The Kier molecular flexibility index (Phi) is 5.35. The molecule has 1 aromatic carbocycles. The highest BCUT2D eigenvalue weighted by molar-refractivity contribution is 5.80. The Labute approximate surface area is 159 Å². The number of aromatic nitrogens is 1. The summed E-state index contributed by atoms with van der Waals surface area (Å²) in [6, 6.07) is 9.97. The predicted molar refractivity (Wildman–Crippen MR) is 102 cm³/mol. The number of ether oxygens (including phenoxy) is 2. The summed E-state index contributed by atoms with van der Waals surface area (Å²) in [6.45, 7) is 6.32. The normalized spacial score (nSPS) is 20.4. The second-order valence-corrected chi connectivity index (χ2v) is 7.91. The number of nitrogens with zero attached hydrogens (tertiary/aromatic N) is 2. The molecule has 0 saturated carbocycles. The van der Waals surface area contributed by atoms with Crippen molar-refractivity contribution in [3.63, 3.8) is 0 Å². The molecule has 6 heteroatoms. The standard InChI is InChI=1S/C21H26N2O4/c1-21(2,3)27-20(25)23-11-9-16(17(13-23)19(24)26-4)14-7-8-18-15(12-14)6-5-10-22-18/h5-8,10,12,16-17H,9,11,13H2,1-4H3/t16-,17?/m1/s1. The molecule has 1 aliphatic heterocycles. The molecule has 2 aromatic rings. The third kappa shape index (κ3) is 4.38. The predicted octanol–water partition coefficient (Wildman–Crippen LogP) is 3.75. The second-order valence-electron chi connectivity index (χ2n) is 7.91. The van der Waals surface area contributed by atoms with Crippen molar-refractivity contribution >= 4 is 23.0 Å². The van der Waals surface area contributed by atoms with Crippen LogP contribution in [0.15, 0.2) is 36.5 Å². The van der Waals surface area contributed by atoms with Gasteiger partial charge < -0.3 is 14.4 Å². The topological polar surface area (TPSA) is 68.7 Å². The van der Waals surface area contributed by atoms with Gasteiger partial charge in [0, 0.05) is 30.6 Å². The minimum absolute atomic E-state index is 0.0132. The van der Waals surface area contributed by atoms with Crippen molar-refractivity contribution in [3.05, 3.63) is 42.1 Å². The summed E-state index contributed by atoms with van der Waals surface area (Å²) in [5.41, 5.74) is 1.41. The van der Waals surface area contributed by atoms with Gasteiger partial charge in [-0.2, -0.15) is 0 Å². The molecule has 6 nitrogen and oxygen atoms in total. The summed E-state index contributed by atoms with van der Waals surface area (Å²) < 4.78 is 10.5. The Bertz CT molecular complexity index is 843. The number of rotatable bonds is 2. The van der Waals surface area contributed by atoms with Crippen LogP contribution >= 0.6 is 0 Å². The van der Waals surface area contributed by atoms with Crippen molar-refractivity contribution < 1.29 is 19.1 Å². The molecule has 1 fully saturated rings. The number of fused-ring (bicyclic) bond motifs is 1. The van der Waals surface area contributed by atoms with Crippen molar-refractivity contribution in [2.24, 2.45) is 5.92 Å². The van der Waals surface area contributed by atoms with Crippen LogP contribution < -0.4 is 0 Å². The minimum atomic E-state index is -0.569. The zero-order valence-electron chi connectivity index (χ0n) is 16.3. The van der Waals surface area contributed by atoms with Crippen LogP contribution in [0.1, 0.15) is 38.7 Å². The fourth-order valence-electron chi connectivity index (χ4n) is 3.56. The van der Waals surface area contributed by atoms with Crippen molar-refractivity contribution in [1.82, 2.24) is 9.88 Å². The number of amides is 1. The summed E-state index contributed by atoms with van der Waals surface area (Å²) in [5, 5.41) is 1.04. The van der Waals surface area contributed by atoms with Gasteiger partial charge in [0.1, 0.15) is 5.60 Å². The van der Waals surface area contributed by atoms with Gasteiger partial charge in [-0.1, -0.05) is 12.1 Å². The molecule has 2 atom stereocenters. The maximum Gasteiger partial charge on any atom is 0.410 e. The Morgan fingerprint density at radius 2 is 2.00 bits per heavy atom. The lowest BCUT2D eigenvalue weighted by molar-refractivity contribution is -0.148. The van der Waals surface area contributed by atoms with Crippen molar-refractivity contribution in [1.29, 1.82) is 0 Å². The zero-order chi connectivity index (χ0) is 19.6. The van der Waals surface area contributed by atoms with E-state index in [0.29, 0.717) is 13.0 Å². The number of likely N-dealkylation sites (tertiary alicyclic amines) is 1. The first-order valence-corrected chi connectivity index (χ1v) is 9.19. The van der Waals surface area contributed by atoms with Gasteiger partial charge in [-0.25, -0.2) is 4.79 Å². The van der Waals surface area contributed by atoms with Crippen LogP contribution in [0.3, 0.4) is 0 Å². The van der Waals surface area contributed by atoms with Crippen molar-refractivity contribution in [2.75, 3.05) is 20.2 Å². The highest BCUT2D eigenvalue weighted by Crippen LogP contribution is 2.35. The fraction of sp³-hybridized carbons (Fsp3) is 0.476. The van der Waals surface area contributed by atoms with Crippen LogP contribution in [-0.2, 0) is 14.3 Å². The molecule has 3 rings (SSSR count). The molecule has 0 N–H and O–H groups in total. The molecule has 0 radical (unpaired) electrons. The van der Waals surface area contributed by atoms with Crippen LogP contribution in [-0.4, -0.2) is 47.7 Å². The molecular weight excluding hydrogens is 344 g/mol. The SMILES string of the molecule is COC(=O)C1CN(C(=O)OC(C)(C)C)CC[C@@H]1c1ccc2ncccc2c1. The molecule has 1 aliphatic rings. The van der Waals surface area contributed by atoms with Gasteiger partial charge in [0.15, 0.2) is 0 Å². The molecule has 1 unspecified atom stereocenters. The van der Waals surface area contributed by atoms with Crippen LogP contribution in [0, 0.1) is 5.92 Å². The van der Waals surface area contributed by atoms with E-state index in [9.17, 15) is 9.59 Å². The monoisotopic (exact) mass is 370 g/mol. The van der Waals surface area contributed by atoms with Gasteiger partial charge in [0.2, 0.25) is 0 Å². The molecule has 0 spiro atoms. The Hall–Kier alpha value is -2.63. The number of hydrogen-bond donors (Lipinski definition) is 0. The van der Waals surface area contributed by atoms with Crippen molar-refractivity contribution in [2.45, 2.75) is 38.7 Å². The first-order valence-electron chi connectivity index (χ1n) is 9.19. The molecule has 1 saturated heterocycles. The molecule has 27 heavy (non-hydrogen) atoms. The van der Waals surface area contributed by atoms with Crippen LogP contribution in [0.25, 0.3) is 10.9 Å². The van der Waals surface area contributed by atoms with E-state index in [0.717, 1.165) is 16.5 Å². The molecule has 144 valence electrons. The van der Waals surface area contributed by atoms with Crippen LogP contribution in [0.5, 0.6) is 0 Å². The molecular formula is C21H26N2O4. The van der Waals surface area contributed by atoms with Crippen LogP contribution in [0.4, 0.5) is 4.79 Å². The average molecular weight is 370 g/mol. The minimum Gasteiger partial charge on any atom is -0.469 e. The third-order valence-corrected chi connectivity index (χ3v) is 4.82. The maximum atomic E-state index is 12.5. The first kappa shape index (κ1) is 19.1. The molecule has 2 heterocycles. The lowest BCUT2D eigenvalue weighted by atomic mass is 9.80. The Morgan fingerprint density at radius 3 is 2.70 bits per heavy atom. The Balaban J connectivity index is 1.84. The number of benzene rings is 1. The first-order chi connectivity index (χ1) is 12.8. The van der Waals surface area contributed by atoms with E-state index in [2.05, 4.69) is 11.1 Å². The quantitative estimate of drug-likeness (QED) is 0.753. The van der Waals surface area contributed by atoms with E-state index in [1.54, 1.807) is 11.1 Å². The largest absolute Gasteiger partial charge is 0.469 e. The zero-order valence-corrected chi connectivity index (χ0v) is 16.3. The molecule has 0 aliphatic carbocycles.